The van der Waals surface area contributed by atoms with E-state index in [1.807, 2.05) is 7.05 Å². The van der Waals surface area contributed by atoms with Crippen LogP contribution in [0.15, 0.2) is 29.3 Å². The van der Waals surface area contributed by atoms with Gasteiger partial charge in [0.15, 0.2) is 5.96 Å². The number of nitrogens with zero attached hydrogens (tertiary/aromatic N) is 3. The molecular formula is C21H33IN4O2. The van der Waals surface area contributed by atoms with Gasteiger partial charge < -0.3 is 15.0 Å². The van der Waals surface area contributed by atoms with Crippen molar-refractivity contribution in [1.82, 2.24) is 15.1 Å². The molecule has 0 saturated carbocycles. The molecule has 7 heteroatoms. The van der Waals surface area contributed by atoms with Crippen molar-refractivity contribution in [2.24, 2.45) is 10.9 Å². The number of benzene rings is 1. The lowest BCUT2D eigenvalue weighted by Gasteiger charge is -2.36. The van der Waals surface area contributed by atoms with Gasteiger partial charge in [-0.3, -0.25) is 14.7 Å². The van der Waals surface area contributed by atoms with E-state index in [2.05, 4.69) is 51.3 Å². The maximum atomic E-state index is 11.7. The highest BCUT2D eigenvalue weighted by molar-refractivity contribution is 14.0. The fourth-order valence-corrected chi connectivity index (χ4v) is 4.09. The summed E-state index contributed by atoms with van der Waals surface area (Å²) in [6.45, 7) is 6.93. The number of halogens is 1. The Bertz CT molecular complexity index is 674. The number of piperidine rings is 1. The zero-order valence-electron chi connectivity index (χ0n) is 17.2. The van der Waals surface area contributed by atoms with Crippen LogP contribution in [0.2, 0.25) is 0 Å². The summed E-state index contributed by atoms with van der Waals surface area (Å²) in [6.07, 6.45) is 2.77. The number of methoxy groups -OCH3 is 1. The predicted molar refractivity (Wildman–Crippen MR) is 123 cm³/mol. The standard InChI is InChI=1S/C21H32N4O2.HI/c1-16(25-13-8-17-6-4-5-7-19(17)15-25)14-23-21(22-2)24-11-9-18(10-12-24)20(26)27-3;/h4-7,16,18H,8-15H2,1-3H3,(H,22,23);1H. The van der Waals surface area contributed by atoms with Gasteiger partial charge in [-0.15, -0.1) is 24.0 Å². The summed E-state index contributed by atoms with van der Waals surface area (Å²) in [5.74, 6) is 0.871. The van der Waals surface area contributed by atoms with Crippen LogP contribution < -0.4 is 5.32 Å². The van der Waals surface area contributed by atoms with Crippen LogP contribution in [0.25, 0.3) is 0 Å². The second kappa shape index (κ2) is 11.0. The average Bonchev–Trinajstić information content (AvgIpc) is 2.73. The van der Waals surface area contributed by atoms with Gasteiger partial charge in [0.25, 0.3) is 0 Å². The van der Waals surface area contributed by atoms with Crippen LogP contribution in [0.1, 0.15) is 30.9 Å². The summed E-state index contributed by atoms with van der Waals surface area (Å²) in [7, 11) is 3.30. The minimum Gasteiger partial charge on any atom is -0.469 e. The van der Waals surface area contributed by atoms with Gasteiger partial charge in [-0.1, -0.05) is 24.3 Å². The van der Waals surface area contributed by atoms with Crippen LogP contribution in [-0.4, -0.2) is 68.1 Å². The molecule has 3 rings (SSSR count). The highest BCUT2D eigenvalue weighted by Gasteiger charge is 2.27. The quantitative estimate of drug-likeness (QED) is 0.298. The van der Waals surface area contributed by atoms with Gasteiger partial charge in [-0.05, 0) is 37.3 Å². The van der Waals surface area contributed by atoms with Crippen LogP contribution >= 0.6 is 24.0 Å². The number of hydrogen-bond donors (Lipinski definition) is 1. The highest BCUT2D eigenvalue weighted by Crippen LogP contribution is 2.21. The monoisotopic (exact) mass is 500 g/mol. The number of guanidine groups is 1. The van der Waals surface area contributed by atoms with Crippen molar-refractivity contribution in [3.63, 3.8) is 0 Å². The van der Waals surface area contributed by atoms with Crippen molar-refractivity contribution in [1.29, 1.82) is 0 Å². The molecule has 1 atom stereocenters. The summed E-state index contributed by atoms with van der Waals surface area (Å²) in [5.41, 5.74) is 2.93. The summed E-state index contributed by atoms with van der Waals surface area (Å²) in [6, 6.07) is 9.18. The number of esters is 1. The van der Waals surface area contributed by atoms with Crippen LogP contribution in [0.4, 0.5) is 0 Å². The number of nitrogens with one attached hydrogen (secondary N) is 1. The summed E-state index contributed by atoms with van der Waals surface area (Å²) in [4.78, 5) is 20.9. The maximum Gasteiger partial charge on any atom is 0.308 e. The summed E-state index contributed by atoms with van der Waals surface area (Å²) < 4.78 is 4.87. The molecule has 28 heavy (non-hydrogen) atoms. The van der Waals surface area contributed by atoms with Gasteiger partial charge in [0.05, 0.1) is 13.0 Å². The van der Waals surface area contributed by atoms with E-state index >= 15 is 0 Å². The van der Waals surface area contributed by atoms with Gasteiger partial charge in [-0.25, -0.2) is 0 Å². The Morgan fingerprint density at radius 3 is 2.57 bits per heavy atom. The van der Waals surface area contributed by atoms with Crippen molar-refractivity contribution in [3.05, 3.63) is 35.4 Å². The van der Waals surface area contributed by atoms with Crippen LogP contribution in [-0.2, 0) is 22.5 Å². The number of carbonyl (C=O) groups excluding carboxylic acids is 1. The van der Waals surface area contributed by atoms with Crippen LogP contribution in [0.3, 0.4) is 0 Å². The number of aliphatic imine (C=N–C) groups is 1. The Labute approximate surface area is 185 Å². The van der Waals surface area contributed by atoms with Crippen LogP contribution in [0.5, 0.6) is 0 Å². The van der Waals surface area contributed by atoms with Crippen LogP contribution in [0, 0.1) is 5.92 Å². The number of ether oxygens (including phenoxy) is 1. The van der Waals surface area contributed by atoms with Gasteiger partial charge in [0, 0.05) is 45.8 Å². The lowest BCUT2D eigenvalue weighted by molar-refractivity contribution is -0.146. The molecule has 2 heterocycles. The Balaban J connectivity index is 0.00000280. The van der Waals surface area contributed by atoms with Crippen molar-refractivity contribution in [3.8, 4) is 0 Å². The van der Waals surface area contributed by atoms with Gasteiger partial charge in [0.2, 0.25) is 0 Å². The van der Waals surface area contributed by atoms with E-state index in [9.17, 15) is 4.79 Å². The average molecular weight is 500 g/mol. The fraction of sp³-hybridized carbons (Fsp3) is 0.619. The minimum atomic E-state index is -0.0865. The largest absolute Gasteiger partial charge is 0.469 e. The van der Waals surface area contributed by atoms with E-state index in [0.29, 0.717) is 6.04 Å². The molecule has 2 aliphatic rings. The molecule has 0 bridgehead atoms. The minimum absolute atomic E-state index is 0. The van der Waals surface area contributed by atoms with E-state index in [-0.39, 0.29) is 35.9 Å². The smallest absolute Gasteiger partial charge is 0.308 e. The summed E-state index contributed by atoms with van der Waals surface area (Å²) in [5, 5.41) is 3.54. The SMILES string of the molecule is CN=C(NCC(C)N1CCc2ccccc2C1)N1CCC(C(=O)OC)CC1.I. The number of carbonyl (C=O) groups is 1. The second-order valence-electron chi connectivity index (χ2n) is 7.55. The third kappa shape index (κ3) is 5.59. The van der Waals surface area contributed by atoms with Crippen molar-refractivity contribution < 1.29 is 9.53 Å². The molecule has 0 radical (unpaired) electrons. The molecule has 1 fully saturated rings. The van der Waals surface area contributed by atoms with E-state index in [4.69, 9.17) is 4.74 Å². The van der Waals surface area contributed by atoms with Crippen molar-refractivity contribution in [2.45, 2.75) is 38.8 Å². The molecule has 2 aliphatic heterocycles. The van der Waals surface area contributed by atoms with E-state index in [1.165, 1.54) is 18.2 Å². The second-order valence-corrected chi connectivity index (χ2v) is 7.55. The predicted octanol–water partition coefficient (Wildman–Crippen LogP) is 2.51. The third-order valence-electron chi connectivity index (χ3n) is 5.88. The van der Waals surface area contributed by atoms with E-state index < -0.39 is 0 Å². The van der Waals surface area contributed by atoms with E-state index in [1.54, 1.807) is 0 Å². The summed E-state index contributed by atoms with van der Waals surface area (Å²) >= 11 is 0. The Morgan fingerprint density at radius 1 is 1.25 bits per heavy atom. The lowest BCUT2D eigenvalue weighted by Crippen LogP contribution is -2.50. The highest BCUT2D eigenvalue weighted by atomic mass is 127. The third-order valence-corrected chi connectivity index (χ3v) is 5.88. The molecule has 0 amide bonds. The Hall–Kier alpha value is -1.35. The molecule has 156 valence electrons. The van der Waals surface area contributed by atoms with Crippen molar-refractivity contribution >= 4 is 35.9 Å². The first-order chi connectivity index (χ1) is 13.1. The van der Waals surface area contributed by atoms with Crippen molar-refractivity contribution in [2.75, 3.05) is 40.3 Å². The molecule has 1 aromatic rings. The van der Waals surface area contributed by atoms with Gasteiger partial charge >= 0.3 is 5.97 Å². The number of rotatable bonds is 4. The first-order valence-electron chi connectivity index (χ1n) is 9.96. The molecule has 0 spiro atoms. The number of hydrogen-bond acceptors (Lipinski definition) is 4. The zero-order valence-corrected chi connectivity index (χ0v) is 19.5. The molecule has 6 nitrogen and oxygen atoms in total. The maximum absolute atomic E-state index is 11.7. The lowest BCUT2D eigenvalue weighted by atomic mass is 9.97. The molecule has 1 unspecified atom stereocenters. The Kier molecular flexibility index (Phi) is 9.01. The van der Waals surface area contributed by atoms with Gasteiger partial charge in [0.1, 0.15) is 0 Å². The molecule has 0 aromatic heterocycles. The van der Waals surface area contributed by atoms with Gasteiger partial charge in [-0.2, -0.15) is 0 Å². The molecule has 1 N–H and O–H groups in total. The molecule has 1 aromatic carbocycles. The number of fused-ring (bicyclic) bond motifs is 1. The Morgan fingerprint density at radius 2 is 1.93 bits per heavy atom. The van der Waals surface area contributed by atoms with E-state index in [0.717, 1.165) is 57.9 Å². The fourth-order valence-electron chi connectivity index (χ4n) is 4.09. The molecular weight excluding hydrogens is 467 g/mol. The zero-order chi connectivity index (χ0) is 19.2. The topological polar surface area (TPSA) is 57.2 Å². The number of likely N-dealkylation sites (tertiary alicyclic amines) is 1. The molecule has 0 aliphatic carbocycles. The molecule has 1 saturated heterocycles. The first-order valence-corrected chi connectivity index (χ1v) is 9.96. The first kappa shape index (κ1) is 22.9. The normalized spacial score (nSPS) is 19.4.